The first-order chi connectivity index (χ1) is 13.4. The fourth-order valence-electron chi connectivity index (χ4n) is 3.34. The van der Waals surface area contributed by atoms with Gasteiger partial charge < -0.3 is 13.7 Å². The van der Waals surface area contributed by atoms with Crippen molar-refractivity contribution in [2.75, 3.05) is 19.5 Å². The van der Waals surface area contributed by atoms with Gasteiger partial charge in [-0.1, -0.05) is 29.5 Å². The normalized spacial score (nSPS) is 12.3. The number of rotatable bonds is 8. The maximum absolute atomic E-state index is 12.7. The average Bonchev–Trinajstić information content (AvgIpc) is 3.25. The topological polar surface area (TPSA) is 70.2 Å². The maximum Gasteiger partial charge on any atom is 0.277 e. The van der Waals surface area contributed by atoms with Gasteiger partial charge in [-0.3, -0.25) is 4.79 Å². The summed E-state index contributed by atoms with van der Waals surface area (Å²) in [5, 5.41) is 8.52. The van der Waals surface area contributed by atoms with Gasteiger partial charge in [0.2, 0.25) is 5.89 Å². The van der Waals surface area contributed by atoms with Crippen LogP contribution in [0.15, 0.2) is 40.0 Å². The standard InChI is InChI=1S/C21H25N3O3S/c1-13-6-8-17(9-7-13)20-22-23-21(27-20)28-12-19(25)18-10-14(2)24(16(18)4)15(3)11-26-5/h6-10,15H,11-12H2,1-5H3/t15-/m0/s1. The molecule has 7 heteroatoms. The molecule has 0 fully saturated rings. The number of ketones is 1. The fourth-order valence-corrected chi connectivity index (χ4v) is 3.99. The van der Waals surface area contributed by atoms with Crippen LogP contribution in [0, 0.1) is 20.8 Å². The van der Waals surface area contributed by atoms with Gasteiger partial charge in [0.15, 0.2) is 5.78 Å². The summed E-state index contributed by atoms with van der Waals surface area (Å²) in [6.45, 7) is 8.69. The molecule has 0 N–H and O–H groups in total. The summed E-state index contributed by atoms with van der Waals surface area (Å²) in [6.07, 6.45) is 0. The zero-order valence-corrected chi connectivity index (χ0v) is 17.7. The lowest BCUT2D eigenvalue weighted by Crippen LogP contribution is -2.14. The molecule has 28 heavy (non-hydrogen) atoms. The zero-order chi connectivity index (χ0) is 20.3. The fraction of sp³-hybridized carbons (Fsp3) is 0.381. The number of nitrogens with zero attached hydrogens (tertiary/aromatic N) is 3. The van der Waals surface area contributed by atoms with Gasteiger partial charge in [0.25, 0.3) is 5.22 Å². The molecular formula is C21H25N3O3S. The molecule has 3 rings (SSSR count). The van der Waals surface area contributed by atoms with E-state index in [2.05, 4.69) is 21.7 Å². The van der Waals surface area contributed by atoms with Crippen LogP contribution in [-0.2, 0) is 4.74 Å². The van der Waals surface area contributed by atoms with E-state index in [0.29, 0.717) is 17.7 Å². The molecule has 2 heterocycles. The summed E-state index contributed by atoms with van der Waals surface area (Å²) >= 11 is 1.26. The Morgan fingerprint density at radius 1 is 1.21 bits per heavy atom. The summed E-state index contributed by atoms with van der Waals surface area (Å²) in [6, 6.07) is 9.99. The third-order valence-corrected chi connectivity index (χ3v) is 5.48. The average molecular weight is 400 g/mol. The van der Waals surface area contributed by atoms with Crippen LogP contribution < -0.4 is 0 Å². The second-order valence-corrected chi connectivity index (χ2v) is 7.84. The van der Waals surface area contributed by atoms with Crippen molar-refractivity contribution in [3.8, 4) is 11.5 Å². The zero-order valence-electron chi connectivity index (χ0n) is 16.9. The summed E-state index contributed by atoms with van der Waals surface area (Å²) < 4.78 is 13.1. The minimum absolute atomic E-state index is 0.0454. The van der Waals surface area contributed by atoms with Gasteiger partial charge >= 0.3 is 0 Å². The van der Waals surface area contributed by atoms with Crippen molar-refractivity contribution in [3.63, 3.8) is 0 Å². The van der Waals surface area contributed by atoms with Crippen molar-refractivity contribution < 1.29 is 13.9 Å². The smallest absolute Gasteiger partial charge is 0.277 e. The molecule has 6 nitrogen and oxygen atoms in total. The molecule has 0 radical (unpaired) electrons. The minimum Gasteiger partial charge on any atom is -0.411 e. The first-order valence-corrected chi connectivity index (χ1v) is 10.1. The van der Waals surface area contributed by atoms with Crippen LogP contribution in [-0.4, -0.2) is 40.0 Å². The number of thioether (sulfide) groups is 1. The number of ether oxygens (including phenoxy) is 1. The minimum atomic E-state index is 0.0454. The second-order valence-electron chi connectivity index (χ2n) is 6.91. The van der Waals surface area contributed by atoms with E-state index in [9.17, 15) is 4.79 Å². The van der Waals surface area contributed by atoms with Crippen LogP contribution in [0.1, 0.15) is 40.3 Å². The largest absolute Gasteiger partial charge is 0.411 e. The number of hydrogen-bond acceptors (Lipinski definition) is 6. The van der Waals surface area contributed by atoms with Crippen LogP contribution in [0.2, 0.25) is 0 Å². The molecule has 0 aliphatic rings. The van der Waals surface area contributed by atoms with E-state index in [1.165, 1.54) is 17.3 Å². The Morgan fingerprint density at radius 2 is 1.93 bits per heavy atom. The summed E-state index contributed by atoms with van der Waals surface area (Å²) in [5.74, 6) is 0.754. The third-order valence-electron chi connectivity index (χ3n) is 4.67. The van der Waals surface area contributed by atoms with E-state index < -0.39 is 0 Å². The Bertz CT molecular complexity index is 960. The van der Waals surface area contributed by atoms with E-state index in [1.807, 2.05) is 51.1 Å². The number of aromatic nitrogens is 3. The SMILES string of the molecule is COC[C@H](C)n1c(C)cc(C(=O)CSc2nnc(-c3ccc(C)cc3)o2)c1C. The lowest BCUT2D eigenvalue weighted by atomic mass is 10.1. The van der Waals surface area contributed by atoms with Crippen molar-refractivity contribution in [2.45, 2.75) is 39.0 Å². The number of Topliss-reactive ketones (excluding diaryl/α,β-unsaturated/α-hetero) is 1. The molecule has 0 saturated heterocycles. The van der Waals surface area contributed by atoms with Crippen LogP contribution in [0.4, 0.5) is 0 Å². The van der Waals surface area contributed by atoms with E-state index in [1.54, 1.807) is 7.11 Å². The lowest BCUT2D eigenvalue weighted by Gasteiger charge is -2.17. The Hall–Kier alpha value is -2.38. The van der Waals surface area contributed by atoms with Gasteiger partial charge in [-0.05, 0) is 45.9 Å². The molecule has 0 aliphatic heterocycles. The van der Waals surface area contributed by atoms with Crippen molar-refractivity contribution >= 4 is 17.5 Å². The molecule has 1 atom stereocenters. The van der Waals surface area contributed by atoms with Crippen LogP contribution in [0.3, 0.4) is 0 Å². The molecule has 0 bridgehead atoms. The quantitative estimate of drug-likeness (QED) is 0.406. The molecule has 0 amide bonds. The molecule has 0 saturated carbocycles. The Morgan fingerprint density at radius 3 is 2.61 bits per heavy atom. The number of benzene rings is 1. The first-order valence-electron chi connectivity index (χ1n) is 9.14. The maximum atomic E-state index is 12.7. The highest BCUT2D eigenvalue weighted by atomic mass is 32.2. The predicted octanol–water partition coefficient (Wildman–Crippen LogP) is 4.65. The Balaban J connectivity index is 1.68. The van der Waals surface area contributed by atoms with Crippen molar-refractivity contribution in [1.29, 1.82) is 0 Å². The van der Waals surface area contributed by atoms with Gasteiger partial charge in [-0.25, -0.2) is 0 Å². The highest BCUT2D eigenvalue weighted by molar-refractivity contribution is 7.99. The van der Waals surface area contributed by atoms with E-state index in [4.69, 9.17) is 9.15 Å². The number of methoxy groups -OCH3 is 1. The number of hydrogen-bond donors (Lipinski definition) is 0. The molecule has 0 aliphatic carbocycles. The third kappa shape index (κ3) is 4.36. The van der Waals surface area contributed by atoms with E-state index in [-0.39, 0.29) is 17.6 Å². The summed E-state index contributed by atoms with van der Waals surface area (Å²) in [4.78, 5) is 12.7. The van der Waals surface area contributed by atoms with Crippen LogP contribution in [0.5, 0.6) is 0 Å². The highest BCUT2D eigenvalue weighted by Crippen LogP contribution is 2.26. The summed E-state index contributed by atoms with van der Waals surface area (Å²) in [5.41, 5.74) is 4.77. The number of carbonyl (C=O) groups is 1. The number of carbonyl (C=O) groups excluding carboxylic acids is 1. The van der Waals surface area contributed by atoms with Gasteiger partial charge in [-0.2, -0.15) is 0 Å². The molecule has 1 aromatic carbocycles. The molecule has 0 spiro atoms. The van der Waals surface area contributed by atoms with Crippen molar-refractivity contribution in [1.82, 2.24) is 14.8 Å². The molecule has 148 valence electrons. The highest BCUT2D eigenvalue weighted by Gasteiger charge is 2.20. The van der Waals surface area contributed by atoms with Crippen molar-refractivity contribution in [2.24, 2.45) is 0 Å². The van der Waals surface area contributed by atoms with Crippen LogP contribution in [0.25, 0.3) is 11.5 Å². The summed E-state index contributed by atoms with van der Waals surface area (Å²) in [7, 11) is 1.68. The Kier molecular flexibility index (Phi) is 6.36. The van der Waals surface area contributed by atoms with Crippen molar-refractivity contribution in [3.05, 3.63) is 52.8 Å². The molecular weight excluding hydrogens is 374 g/mol. The van der Waals surface area contributed by atoms with Gasteiger partial charge in [-0.15, -0.1) is 10.2 Å². The van der Waals surface area contributed by atoms with E-state index in [0.717, 1.165) is 22.5 Å². The Labute approximate surface area is 169 Å². The first kappa shape index (κ1) is 20.4. The van der Waals surface area contributed by atoms with Gasteiger partial charge in [0.05, 0.1) is 18.4 Å². The second kappa shape index (κ2) is 8.75. The van der Waals surface area contributed by atoms with Gasteiger partial charge in [0, 0.05) is 29.6 Å². The monoisotopic (exact) mass is 399 g/mol. The molecule has 3 aromatic rings. The predicted molar refractivity (Wildman–Crippen MR) is 110 cm³/mol. The number of aryl methyl sites for hydroxylation is 2. The van der Waals surface area contributed by atoms with E-state index >= 15 is 0 Å². The van der Waals surface area contributed by atoms with Gasteiger partial charge in [0.1, 0.15) is 0 Å². The molecule has 2 aromatic heterocycles. The van der Waals surface area contributed by atoms with Crippen LogP contribution >= 0.6 is 11.8 Å². The molecule has 0 unspecified atom stereocenters. The lowest BCUT2D eigenvalue weighted by molar-refractivity contribution is 0.102.